The fourth-order valence-corrected chi connectivity index (χ4v) is 4.29. The molecule has 1 aromatic rings. The van der Waals surface area contributed by atoms with Crippen LogP contribution in [0.3, 0.4) is 0 Å². The number of hydrogen-bond acceptors (Lipinski definition) is 2. The van der Waals surface area contributed by atoms with Crippen LogP contribution in [0, 0.1) is 23.5 Å². The molecular weight excluding hydrogens is 298 g/mol. The minimum absolute atomic E-state index is 0.203. The first-order chi connectivity index (χ1) is 10.9. The van der Waals surface area contributed by atoms with Gasteiger partial charge in [0.15, 0.2) is 11.6 Å². The minimum Gasteiger partial charge on any atom is -0.339 e. The van der Waals surface area contributed by atoms with Crippen molar-refractivity contribution in [3.05, 3.63) is 35.4 Å². The van der Waals surface area contributed by atoms with Gasteiger partial charge in [0.2, 0.25) is 0 Å². The summed E-state index contributed by atoms with van der Waals surface area (Å²) in [4.78, 5) is 16.5. The number of halogens is 2. The summed E-state index contributed by atoms with van der Waals surface area (Å²) in [5, 5.41) is 0. The zero-order chi connectivity index (χ0) is 16.7. The summed E-state index contributed by atoms with van der Waals surface area (Å²) >= 11 is 0. The molecule has 126 valence electrons. The predicted octanol–water partition coefficient (Wildman–Crippen LogP) is 3.16. The number of fused-ring (bicyclic) bond motifs is 1. The maximum absolute atomic E-state index is 13.3. The smallest absolute Gasteiger partial charge is 0.253 e. The lowest BCUT2D eigenvalue weighted by Gasteiger charge is -2.27. The van der Waals surface area contributed by atoms with Crippen molar-refractivity contribution >= 4 is 5.91 Å². The van der Waals surface area contributed by atoms with E-state index in [1.165, 1.54) is 18.9 Å². The second kappa shape index (κ2) is 6.19. The van der Waals surface area contributed by atoms with Gasteiger partial charge in [0, 0.05) is 24.7 Å². The monoisotopic (exact) mass is 322 g/mol. The predicted molar refractivity (Wildman–Crippen MR) is 85.2 cm³/mol. The summed E-state index contributed by atoms with van der Waals surface area (Å²) in [6.07, 6.45) is 4.42. The van der Waals surface area contributed by atoms with E-state index in [1.54, 1.807) is 11.9 Å². The summed E-state index contributed by atoms with van der Waals surface area (Å²) in [6, 6.07) is 4.22. The summed E-state index contributed by atoms with van der Waals surface area (Å²) in [5.74, 6) is -0.770. The number of hydrogen-bond donors (Lipinski definition) is 0. The lowest BCUT2D eigenvalue weighted by atomic mass is 10.0. The van der Waals surface area contributed by atoms with Crippen LogP contribution in [0.2, 0.25) is 0 Å². The molecule has 0 heterocycles. The largest absolute Gasteiger partial charge is 0.339 e. The third-order valence-corrected chi connectivity index (χ3v) is 5.73. The topological polar surface area (TPSA) is 23.6 Å². The van der Waals surface area contributed by atoms with Gasteiger partial charge >= 0.3 is 0 Å². The van der Waals surface area contributed by atoms with Gasteiger partial charge in [-0.1, -0.05) is 0 Å². The van der Waals surface area contributed by atoms with Gasteiger partial charge < -0.3 is 9.80 Å². The number of rotatable bonds is 3. The molecule has 2 saturated carbocycles. The fraction of sp³-hybridized carbons (Fsp3) is 0.611. The van der Waals surface area contributed by atoms with E-state index in [2.05, 4.69) is 19.0 Å². The zero-order valence-corrected chi connectivity index (χ0v) is 13.9. The van der Waals surface area contributed by atoms with Gasteiger partial charge in [-0.25, -0.2) is 8.78 Å². The van der Waals surface area contributed by atoms with Crippen LogP contribution >= 0.6 is 0 Å². The Bertz CT molecular complexity index is 591. The van der Waals surface area contributed by atoms with E-state index < -0.39 is 11.6 Å². The highest BCUT2D eigenvalue weighted by Gasteiger charge is 2.44. The van der Waals surface area contributed by atoms with Gasteiger partial charge in [0.05, 0.1) is 0 Å². The average Bonchev–Trinajstić information content (AvgIpc) is 3.07. The van der Waals surface area contributed by atoms with Gasteiger partial charge in [-0.2, -0.15) is 0 Å². The van der Waals surface area contributed by atoms with E-state index in [4.69, 9.17) is 0 Å². The van der Waals surface area contributed by atoms with Gasteiger partial charge in [-0.3, -0.25) is 4.79 Å². The Morgan fingerprint density at radius 1 is 0.957 bits per heavy atom. The first-order valence-electron chi connectivity index (χ1n) is 8.25. The Morgan fingerprint density at radius 2 is 1.52 bits per heavy atom. The van der Waals surface area contributed by atoms with E-state index in [1.807, 2.05) is 0 Å². The molecule has 3 nitrogen and oxygen atoms in total. The molecule has 2 aliphatic rings. The quantitative estimate of drug-likeness (QED) is 0.853. The van der Waals surface area contributed by atoms with Gasteiger partial charge in [0.1, 0.15) is 0 Å². The van der Waals surface area contributed by atoms with Crippen LogP contribution < -0.4 is 0 Å². The molecule has 0 bridgehead atoms. The van der Waals surface area contributed by atoms with Crippen LogP contribution in [0.4, 0.5) is 8.78 Å². The van der Waals surface area contributed by atoms with Crippen molar-refractivity contribution in [1.29, 1.82) is 0 Å². The Labute approximate surface area is 136 Å². The van der Waals surface area contributed by atoms with E-state index in [0.717, 1.165) is 25.0 Å². The lowest BCUT2D eigenvalue weighted by molar-refractivity contribution is 0.0725. The van der Waals surface area contributed by atoms with Crippen LogP contribution in [-0.4, -0.2) is 48.9 Å². The maximum atomic E-state index is 13.3. The Morgan fingerprint density at radius 3 is 2.04 bits per heavy atom. The Hall–Kier alpha value is -1.49. The standard InChI is InChI=1S/C18H24F2N2O/c1-21(2)14-6-12-8-15(9-13(12)7-14)22(3)18(23)11-4-5-16(19)17(20)10-11/h4-5,10,12-15H,6-9H2,1-3H3/t12-,13+,14?,15?. The van der Waals surface area contributed by atoms with Crippen molar-refractivity contribution < 1.29 is 13.6 Å². The molecule has 23 heavy (non-hydrogen) atoms. The number of carbonyl (C=O) groups is 1. The molecule has 0 spiro atoms. The van der Waals surface area contributed by atoms with Crippen molar-refractivity contribution in [2.75, 3.05) is 21.1 Å². The summed E-state index contributed by atoms with van der Waals surface area (Å²) in [5.41, 5.74) is 0.217. The zero-order valence-electron chi connectivity index (χ0n) is 13.9. The van der Waals surface area contributed by atoms with Crippen molar-refractivity contribution in [2.45, 2.75) is 37.8 Å². The van der Waals surface area contributed by atoms with Crippen molar-refractivity contribution in [3.8, 4) is 0 Å². The molecule has 0 radical (unpaired) electrons. The highest BCUT2D eigenvalue weighted by atomic mass is 19.2. The van der Waals surface area contributed by atoms with E-state index >= 15 is 0 Å². The third kappa shape index (κ3) is 3.11. The van der Waals surface area contributed by atoms with Crippen molar-refractivity contribution in [1.82, 2.24) is 9.80 Å². The molecule has 0 aliphatic heterocycles. The van der Waals surface area contributed by atoms with Gasteiger partial charge in [0.25, 0.3) is 5.91 Å². The molecule has 0 saturated heterocycles. The average molecular weight is 322 g/mol. The van der Waals surface area contributed by atoms with Crippen LogP contribution in [0.25, 0.3) is 0 Å². The highest BCUT2D eigenvalue weighted by molar-refractivity contribution is 5.94. The van der Waals surface area contributed by atoms with E-state index in [-0.39, 0.29) is 17.5 Å². The molecule has 0 N–H and O–H groups in total. The second-order valence-electron chi connectivity index (χ2n) is 7.28. The lowest BCUT2D eigenvalue weighted by Crippen LogP contribution is -2.36. The molecule has 1 amide bonds. The fourth-order valence-electron chi connectivity index (χ4n) is 4.29. The van der Waals surface area contributed by atoms with E-state index in [9.17, 15) is 13.6 Å². The van der Waals surface area contributed by atoms with Crippen molar-refractivity contribution in [2.24, 2.45) is 11.8 Å². The van der Waals surface area contributed by atoms with Crippen LogP contribution in [0.15, 0.2) is 18.2 Å². The van der Waals surface area contributed by atoms with E-state index in [0.29, 0.717) is 17.9 Å². The molecular formula is C18H24F2N2O. The molecule has 4 atom stereocenters. The number of nitrogens with zero attached hydrogens (tertiary/aromatic N) is 2. The van der Waals surface area contributed by atoms with Crippen LogP contribution in [0.5, 0.6) is 0 Å². The van der Waals surface area contributed by atoms with Crippen LogP contribution in [-0.2, 0) is 0 Å². The highest BCUT2D eigenvalue weighted by Crippen LogP contribution is 2.46. The maximum Gasteiger partial charge on any atom is 0.253 e. The Balaban J connectivity index is 1.65. The summed E-state index contributed by atoms with van der Waals surface area (Å²) in [6.45, 7) is 0. The van der Waals surface area contributed by atoms with Gasteiger partial charge in [-0.05, 0) is 69.8 Å². The minimum atomic E-state index is -0.971. The normalized spacial score (nSPS) is 29.8. The molecule has 0 aromatic heterocycles. The third-order valence-electron chi connectivity index (χ3n) is 5.73. The summed E-state index contributed by atoms with van der Waals surface area (Å²) < 4.78 is 26.4. The molecule has 5 heteroatoms. The molecule has 2 fully saturated rings. The Kier molecular flexibility index (Phi) is 4.41. The first kappa shape index (κ1) is 16.4. The van der Waals surface area contributed by atoms with Crippen molar-refractivity contribution in [3.63, 3.8) is 0 Å². The van der Waals surface area contributed by atoms with Gasteiger partial charge in [-0.15, -0.1) is 0 Å². The molecule has 1 aromatic carbocycles. The summed E-state index contributed by atoms with van der Waals surface area (Å²) in [7, 11) is 6.03. The number of amides is 1. The first-order valence-corrected chi connectivity index (χ1v) is 8.25. The number of benzene rings is 1. The SMILES string of the molecule is CN(C)C1C[C@@H]2CC(N(C)C(=O)c3ccc(F)c(F)c3)C[C@@H]2C1. The van der Waals surface area contributed by atoms with Crippen LogP contribution in [0.1, 0.15) is 36.0 Å². The second-order valence-corrected chi connectivity index (χ2v) is 7.28. The molecule has 3 rings (SSSR count). The number of carbonyl (C=O) groups excluding carboxylic acids is 1. The molecule has 2 unspecified atom stereocenters. The molecule has 2 aliphatic carbocycles.